The summed E-state index contributed by atoms with van der Waals surface area (Å²) in [7, 11) is 0. The van der Waals surface area contributed by atoms with Gasteiger partial charge in [0, 0.05) is 17.8 Å². The Morgan fingerprint density at radius 2 is 2.29 bits per heavy atom. The average molecular weight is 256 g/mol. The minimum Gasteiger partial charge on any atom is -0.355 e. The van der Waals surface area contributed by atoms with Crippen molar-refractivity contribution in [3.05, 3.63) is 11.6 Å². The van der Waals surface area contributed by atoms with Crippen molar-refractivity contribution in [1.29, 1.82) is 0 Å². The first-order valence-electron chi connectivity index (χ1n) is 6.27. The van der Waals surface area contributed by atoms with E-state index < -0.39 is 0 Å². The lowest BCUT2D eigenvalue weighted by Crippen LogP contribution is -2.29. The zero-order valence-corrected chi connectivity index (χ0v) is 12.0. The zero-order chi connectivity index (χ0) is 12.7. The van der Waals surface area contributed by atoms with Gasteiger partial charge in [0.1, 0.15) is 0 Å². The maximum atomic E-state index is 11.6. The first-order chi connectivity index (χ1) is 7.97. The smallest absolute Gasteiger partial charge is 0.230 e. The van der Waals surface area contributed by atoms with Crippen molar-refractivity contribution < 1.29 is 4.79 Å². The minimum atomic E-state index is 0.152. The second kappa shape index (κ2) is 7.07. The van der Waals surface area contributed by atoms with Crippen molar-refractivity contribution in [2.75, 3.05) is 25.4 Å². The van der Waals surface area contributed by atoms with Crippen LogP contribution in [0, 0.1) is 0 Å². The number of rotatable bonds is 5. The second-order valence-corrected chi connectivity index (χ2v) is 7.12. The van der Waals surface area contributed by atoms with E-state index in [9.17, 15) is 4.79 Å². The third-order valence-corrected chi connectivity index (χ3v) is 3.84. The summed E-state index contributed by atoms with van der Waals surface area (Å²) < 4.78 is 0.162. The van der Waals surface area contributed by atoms with Gasteiger partial charge >= 0.3 is 0 Å². The fraction of sp³-hybridized carbons (Fsp3) is 0.769. The van der Waals surface area contributed by atoms with Crippen molar-refractivity contribution in [3.63, 3.8) is 0 Å². The quantitative estimate of drug-likeness (QED) is 0.739. The number of hydrogen-bond donors (Lipinski definition) is 2. The number of carbonyl (C=O) groups is 1. The average Bonchev–Trinajstić information content (AvgIpc) is 2.27. The van der Waals surface area contributed by atoms with Crippen LogP contribution in [-0.2, 0) is 4.79 Å². The third-order valence-electron chi connectivity index (χ3n) is 2.56. The Kier molecular flexibility index (Phi) is 6.06. The largest absolute Gasteiger partial charge is 0.355 e. The Bertz CT molecular complexity index is 282. The van der Waals surface area contributed by atoms with Crippen LogP contribution in [0.3, 0.4) is 0 Å². The molecule has 0 unspecified atom stereocenters. The van der Waals surface area contributed by atoms with Crippen molar-refractivity contribution >= 4 is 17.7 Å². The summed E-state index contributed by atoms with van der Waals surface area (Å²) >= 11 is 1.69. The van der Waals surface area contributed by atoms with E-state index in [0.29, 0.717) is 5.75 Å². The van der Waals surface area contributed by atoms with Crippen LogP contribution >= 0.6 is 11.8 Å². The van der Waals surface area contributed by atoms with Crippen LogP contribution in [0.15, 0.2) is 11.6 Å². The molecule has 17 heavy (non-hydrogen) atoms. The number of carbonyl (C=O) groups excluding carboxylic acids is 1. The molecule has 1 aliphatic heterocycles. The fourth-order valence-corrected chi connectivity index (χ4v) is 2.26. The highest BCUT2D eigenvalue weighted by Gasteiger charge is 2.13. The molecule has 0 saturated heterocycles. The Morgan fingerprint density at radius 1 is 1.53 bits per heavy atom. The van der Waals surface area contributed by atoms with E-state index in [0.717, 1.165) is 32.5 Å². The molecule has 0 radical (unpaired) electrons. The number of nitrogens with one attached hydrogen (secondary N) is 2. The first kappa shape index (κ1) is 14.6. The monoisotopic (exact) mass is 256 g/mol. The molecule has 1 aliphatic rings. The van der Waals surface area contributed by atoms with Crippen LogP contribution in [0.25, 0.3) is 0 Å². The zero-order valence-electron chi connectivity index (χ0n) is 11.1. The van der Waals surface area contributed by atoms with Crippen LogP contribution in [0.2, 0.25) is 0 Å². The molecule has 0 aromatic rings. The maximum Gasteiger partial charge on any atom is 0.230 e. The summed E-state index contributed by atoms with van der Waals surface area (Å²) in [4.78, 5) is 11.6. The van der Waals surface area contributed by atoms with E-state index in [2.05, 4.69) is 37.5 Å². The van der Waals surface area contributed by atoms with Crippen molar-refractivity contribution in [1.82, 2.24) is 10.6 Å². The van der Waals surface area contributed by atoms with Crippen LogP contribution in [0.4, 0.5) is 0 Å². The van der Waals surface area contributed by atoms with Crippen LogP contribution in [-0.4, -0.2) is 36.0 Å². The first-order valence-corrected chi connectivity index (χ1v) is 7.25. The molecule has 0 spiro atoms. The topological polar surface area (TPSA) is 41.1 Å². The standard InChI is InChI=1S/C13H24N2OS/c1-13(2,3)17-10-12(16)15-9-6-11-4-7-14-8-5-11/h4,14H,5-10H2,1-3H3,(H,15,16). The van der Waals surface area contributed by atoms with Crippen LogP contribution in [0.1, 0.15) is 33.6 Å². The molecule has 2 N–H and O–H groups in total. The van der Waals surface area contributed by atoms with Crippen LogP contribution < -0.4 is 10.6 Å². The molecule has 0 atom stereocenters. The van der Waals surface area contributed by atoms with Gasteiger partial charge in [-0.3, -0.25) is 4.79 Å². The highest BCUT2D eigenvalue weighted by molar-refractivity contribution is 8.01. The van der Waals surface area contributed by atoms with Gasteiger partial charge in [0.05, 0.1) is 5.75 Å². The van der Waals surface area contributed by atoms with E-state index in [1.54, 1.807) is 11.8 Å². The van der Waals surface area contributed by atoms with Gasteiger partial charge < -0.3 is 10.6 Å². The summed E-state index contributed by atoms with van der Waals surface area (Å²) in [5, 5.41) is 6.27. The molecule has 0 bridgehead atoms. The van der Waals surface area contributed by atoms with Crippen LogP contribution in [0.5, 0.6) is 0 Å². The summed E-state index contributed by atoms with van der Waals surface area (Å²) in [6.45, 7) is 9.21. The Balaban J connectivity index is 2.09. The highest BCUT2D eigenvalue weighted by Crippen LogP contribution is 2.22. The Morgan fingerprint density at radius 3 is 2.88 bits per heavy atom. The third kappa shape index (κ3) is 7.45. The van der Waals surface area contributed by atoms with E-state index in [1.807, 2.05) is 0 Å². The predicted molar refractivity (Wildman–Crippen MR) is 75.4 cm³/mol. The van der Waals surface area contributed by atoms with Gasteiger partial charge in [-0.25, -0.2) is 0 Å². The molecule has 3 nitrogen and oxygen atoms in total. The summed E-state index contributed by atoms with van der Waals surface area (Å²) in [6.07, 6.45) is 4.35. The summed E-state index contributed by atoms with van der Waals surface area (Å²) in [5.74, 6) is 0.712. The maximum absolute atomic E-state index is 11.6. The van der Waals surface area contributed by atoms with E-state index in [-0.39, 0.29) is 10.7 Å². The van der Waals surface area contributed by atoms with Gasteiger partial charge in [-0.1, -0.05) is 32.4 Å². The molecular weight excluding hydrogens is 232 g/mol. The molecule has 98 valence electrons. The summed E-state index contributed by atoms with van der Waals surface area (Å²) in [5.41, 5.74) is 1.47. The lowest BCUT2D eigenvalue weighted by molar-refractivity contribution is -0.118. The van der Waals surface area contributed by atoms with E-state index in [4.69, 9.17) is 0 Å². The fourth-order valence-electron chi connectivity index (χ4n) is 1.59. The van der Waals surface area contributed by atoms with Gasteiger partial charge in [-0.05, 0) is 19.4 Å². The van der Waals surface area contributed by atoms with E-state index >= 15 is 0 Å². The second-order valence-electron chi connectivity index (χ2n) is 5.32. The molecule has 1 amide bonds. The lowest BCUT2D eigenvalue weighted by atomic mass is 10.1. The van der Waals surface area contributed by atoms with Gasteiger partial charge in [0.25, 0.3) is 0 Å². The number of thioether (sulfide) groups is 1. The van der Waals surface area contributed by atoms with Gasteiger partial charge in [0.2, 0.25) is 5.91 Å². The molecule has 4 heteroatoms. The van der Waals surface area contributed by atoms with Crippen molar-refractivity contribution in [3.8, 4) is 0 Å². The SMILES string of the molecule is CC(C)(C)SCC(=O)NCCC1=CCNCC1. The molecule has 1 rings (SSSR count). The van der Waals surface area contributed by atoms with Crippen molar-refractivity contribution in [2.24, 2.45) is 0 Å². The van der Waals surface area contributed by atoms with Crippen molar-refractivity contribution in [2.45, 2.75) is 38.4 Å². The molecule has 0 saturated carbocycles. The molecule has 0 aromatic heterocycles. The molecular formula is C13H24N2OS. The number of amides is 1. The highest BCUT2D eigenvalue weighted by atomic mass is 32.2. The molecule has 0 aliphatic carbocycles. The summed E-state index contributed by atoms with van der Waals surface area (Å²) in [6, 6.07) is 0. The number of hydrogen-bond acceptors (Lipinski definition) is 3. The Labute approximate surface area is 109 Å². The van der Waals surface area contributed by atoms with Gasteiger partial charge in [0.15, 0.2) is 0 Å². The normalized spacial score (nSPS) is 16.5. The van der Waals surface area contributed by atoms with Gasteiger partial charge in [-0.2, -0.15) is 0 Å². The Hall–Kier alpha value is -0.480. The lowest BCUT2D eigenvalue weighted by Gasteiger charge is -2.17. The molecule has 0 fully saturated rings. The van der Waals surface area contributed by atoms with Gasteiger partial charge in [-0.15, -0.1) is 11.8 Å². The van der Waals surface area contributed by atoms with E-state index in [1.165, 1.54) is 5.57 Å². The molecule has 1 heterocycles. The molecule has 0 aromatic carbocycles. The minimum absolute atomic E-state index is 0.152. The predicted octanol–water partition coefficient (Wildman–Crippen LogP) is 1.94.